The second-order valence-corrected chi connectivity index (χ2v) is 9.38. The van der Waals surface area contributed by atoms with Gasteiger partial charge in [-0.25, -0.2) is 19.2 Å². The van der Waals surface area contributed by atoms with Gasteiger partial charge in [-0.15, -0.1) is 6.42 Å². The standard InChI is InChI=1S/C32H25N3O8/c1-2-20-18-35(32(39)34-27(20)33)28-26(43-31(38)23-16-10-5-11-17-23)25(42-30(37)22-14-8-4-9-15-22)24(41-28)19-40-29(36)21-12-6-3-7-13-21/h1,3-18,24-26,28H,19H2,(H2,33,34,39)/t24-,25-,26-,28?/m1/s1. The lowest BCUT2D eigenvalue weighted by atomic mass is 10.1. The van der Waals surface area contributed by atoms with Crippen molar-refractivity contribution in [1.82, 2.24) is 9.55 Å². The lowest BCUT2D eigenvalue weighted by molar-refractivity contribution is -0.0639. The lowest BCUT2D eigenvalue weighted by Crippen LogP contribution is -2.42. The summed E-state index contributed by atoms with van der Waals surface area (Å²) in [6.07, 6.45) is 1.45. The third-order valence-electron chi connectivity index (χ3n) is 6.59. The van der Waals surface area contributed by atoms with E-state index in [4.69, 9.17) is 31.1 Å². The Balaban J connectivity index is 1.53. The quantitative estimate of drug-likeness (QED) is 0.188. The van der Waals surface area contributed by atoms with Crippen LogP contribution in [0.5, 0.6) is 0 Å². The fourth-order valence-corrected chi connectivity index (χ4v) is 4.46. The number of carbonyl (C=O) groups is 3. The van der Waals surface area contributed by atoms with Gasteiger partial charge in [-0.3, -0.25) is 4.57 Å². The molecule has 0 amide bonds. The Hall–Kier alpha value is -5.73. The first-order chi connectivity index (χ1) is 20.9. The van der Waals surface area contributed by atoms with Crippen LogP contribution in [0.2, 0.25) is 0 Å². The summed E-state index contributed by atoms with van der Waals surface area (Å²) >= 11 is 0. The molecule has 1 aliphatic rings. The maximum absolute atomic E-state index is 13.2. The van der Waals surface area contributed by atoms with Gasteiger partial charge < -0.3 is 24.7 Å². The molecule has 2 N–H and O–H groups in total. The SMILES string of the molecule is C#Cc1cn(C2O[C@H](COC(=O)c3ccccc3)[C@@H](OC(=O)c3ccccc3)[C@H]2OC(=O)c2ccccc2)c(=O)nc1N. The van der Waals surface area contributed by atoms with Crippen LogP contribution in [0.4, 0.5) is 5.82 Å². The first kappa shape index (κ1) is 28.8. The van der Waals surface area contributed by atoms with Crippen molar-refractivity contribution in [1.29, 1.82) is 0 Å². The molecule has 1 aliphatic heterocycles. The van der Waals surface area contributed by atoms with Crippen molar-refractivity contribution in [2.75, 3.05) is 12.3 Å². The van der Waals surface area contributed by atoms with Crippen LogP contribution >= 0.6 is 0 Å². The lowest BCUT2D eigenvalue weighted by Gasteiger charge is -2.25. The molecule has 1 saturated heterocycles. The Morgan fingerprint density at radius 3 is 1.81 bits per heavy atom. The molecule has 11 heteroatoms. The molecular formula is C32H25N3O8. The third-order valence-corrected chi connectivity index (χ3v) is 6.59. The third kappa shape index (κ3) is 6.45. The molecule has 1 fully saturated rings. The van der Waals surface area contributed by atoms with E-state index < -0.39 is 54.7 Å². The molecule has 0 radical (unpaired) electrons. The largest absolute Gasteiger partial charge is 0.459 e. The van der Waals surface area contributed by atoms with E-state index in [1.165, 1.54) is 18.3 Å². The number of nitrogen functional groups attached to an aromatic ring is 1. The van der Waals surface area contributed by atoms with Crippen molar-refractivity contribution in [2.24, 2.45) is 0 Å². The zero-order valence-corrected chi connectivity index (χ0v) is 22.6. The minimum Gasteiger partial charge on any atom is -0.459 e. The van der Waals surface area contributed by atoms with Gasteiger partial charge in [0, 0.05) is 6.20 Å². The van der Waals surface area contributed by atoms with Crippen molar-refractivity contribution in [2.45, 2.75) is 24.5 Å². The summed E-state index contributed by atoms with van der Waals surface area (Å²) in [6, 6.07) is 24.4. The van der Waals surface area contributed by atoms with Crippen molar-refractivity contribution >= 4 is 23.7 Å². The number of nitrogens with zero attached hydrogens (tertiary/aromatic N) is 2. The Kier molecular flexibility index (Phi) is 8.60. The van der Waals surface area contributed by atoms with Crippen LogP contribution in [-0.2, 0) is 18.9 Å². The van der Waals surface area contributed by atoms with Gasteiger partial charge in [0.1, 0.15) is 18.5 Å². The highest BCUT2D eigenvalue weighted by Crippen LogP contribution is 2.35. The summed E-state index contributed by atoms with van der Waals surface area (Å²) < 4.78 is 24.3. The van der Waals surface area contributed by atoms with Crippen LogP contribution in [-0.4, -0.2) is 52.4 Å². The van der Waals surface area contributed by atoms with Gasteiger partial charge in [0.15, 0.2) is 18.4 Å². The van der Waals surface area contributed by atoms with Gasteiger partial charge in [-0.05, 0) is 36.4 Å². The Morgan fingerprint density at radius 2 is 1.30 bits per heavy atom. The summed E-state index contributed by atoms with van der Waals surface area (Å²) in [6.45, 7) is -0.421. The van der Waals surface area contributed by atoms with Gasteiger partial charge in [0.25, 0.3) is 0 Å². The fraction of sp³-hybridized carbons (Fsp3) is 0.156. The minimum atomic E-state index is -1.41. The van der Waals surface area contributed by atoms with Gasteiger partial charge in [-0.2, -0.15) is 4.98 Å². The maximum Gasteiger partial charge on any atom is 0.351 e. The average molecular weight is 580 g/mol. The van der Waals surface area contributed by atoms with Crippen molar-refractivity contribution < 1.29 is 33.3 Å². The zero-order chi connectivity index (χ0) is 30.3. The van der Waals surface area contributed by atoms with Crippen LogP contribution in [0.3, 0.4) is 0 Å². The highest BCUT2D eigenvalue weighted by Gasteiger charge is 2.51. The van der Waals surface area contributed by atoms with E-state index in [1.54, 1.807) is 78.9 Å². The number of ether oxygens (including phenoxy) is 4. The zero-order valence-electron chi connectivity index (χ0n) is 22.6. The summed E-state index contributed by atoms with van der Waals surface area (Å²) in [4.78, 5) is 56.0. The topological polar surface area (TPSA) is 149 Å². The molecule has 0 spiro atoms. The van der Waals surface area contributed by atoms with Crippen LogP contribution in [0, 0.1) is 12.3 Å². The number of anilines is 1. The predicted octanol–water partition coefficient (Wildman–Crippen LogP) is 3.01. The summed E-state index contributed by atoms with van der Waals surface area (Å²) in [7, 11) is 0. The van der Waals surface area contributed by atoms with E-state index in [9.17, 15) is 19.2 Å². The highest BCUT2D eigenvalue weighted by molar-refractivity contribution is 5.91. The van der Waals surface area contributed by atoms with Gasteiger partial charge in [0.2, 0.25) is 0 Å². The fourth-order valence-electron chi connectivity index (χ4n) is 4.46. The van der Waals surface area contributed by atoms with Crippen LogP contribution in [0.15, 0.2) is 102 Å². The molecule has 11 nitrogen and oxygen atoms in total. The number of aromatic nitrogens is 2. The van der Waals surface area contributed by atoms with E-state index in [2.05, 4.69) is 10.9 Å². The average Bonchev–Trinajstić information content (AvgIpc) is 3.36. The smallest absolute Gasteiger partial charge is 0.351 e. The molecule has 4 atom stereocenters. The summed E-state index contributed by atoms with van der Waals surface area (Å²) in [5.74, 6) is -0.0546. The van der Waals surface area contributed by atoms with Gasteiger partial charge in [-0.1, -0.05) is 60.5 Å². The number of hydrogen-bond acceptors (Lipinski definition) is 10. The molecule has 0 saturated carbocycles. The number of carbonyl (C=O) groups excluding carboxylic acids is 3. The highest BCUT2D eigenvalue weighted by atomic mass is 16.7. The maximum atomic E-state index is 13.2. The van der Waals surface area contributed by atoms with E-state index in [0.717, 1.165) is 4.57 Å². The van der Waals surface area contributed by atoms with Gasteiger partial charge in [0.05, 0.1) is 22.3 Å². The molecule has 0 aliphatic carbocycles. The number of esters is 3. The molecule has 43 heavy (non-hydrogen) atoms. The molecule has 216 valence electrons. The second kappa shape index (κ2) is 12.8. The van der Waals surface area contributed by atoms with Gasteiger partial charge >= 0.3 is 23.6 Å². The molecule has 0 bridgehead atoms. The molecule has 1 unspecified atom stereocenters. The molecule has 2 heterocycles. The summed E-state index contributed by atoms with van der Waals surface area (Å²) in [5, 5.41) is 0. The molecule has 1 aromatic heterocycles. The van der Waals surface area contributed by atoms with E-state index in [-0.39, 0.29) is 28.1 Å². The number of terminal acetylenes is 1. The minimum absolute atomic E-state index is 0.0770. The molecular weight excluding hydrogens is 554 g/mol. The molecule has 3 aromatic carbocycles. The van der Waals surface area contributed by atoms with Crippen LogP contribution in [0.1, 0.15) is 42.9 Å². The first-order valence-electron chi connectivity index (χ1n) is 13.1. The van der Waals surface area contributed by atoms with Crippen molar-refractivity contribution in [3.63, 3.8) is 0 Å². The Morgan fingerprint density at radius 1 is 0.814 bits per heavy atom. The Bertz CT molecular complexity index is 1720. The van der Waals surface area contributed by atoms with Crippen LogP contribution < -0.4 is 11.4 Å². The predicted molar refractivity (Wildman–Crippen MR) is 153 cm³/mol. The molecule has 4 aromatic rings. The monoisotopic (exact) mass is 579 g/mol. The molecule has 5 rings (SSSR count). The van der Waals surface area contributed by atoms with Crippen LogP contribution in [0.25, 0.3) is 0 Å². The van der Waals surface area contributed by atoms with E-state index in [1.807, 2.05) is 0 Å². The number of nitrogens with two attached hydrogens (primary N) is 1. The number of benzene rings is 3. The van der Waals surface area contributed by atoms with Crippen molar-refractivity contribution in [3.05, 3.63) is 130 Å². The second-order valence-electron chi connectivity index (χ2n) is 9.38. The van der Waals surface area contributed by atoms with E-state index in [0.29, 0.717) is 0 Å². The van der Waals surface area contributed by atoms with E-state index >= 15 is 0 Å². The normalized spacial score (nSPS) is 19.1. The van der Waals surface area contributed by atoms with Crippen molar-refractivity contribution in [3.8, 4) is 12.3 Å². The number of rotatable bonds is 8. The summed E-state index contributed by atoms with van der Waals surface area (Å²) in [5.41, 5.74) is 5.69. The number of hydrogen-bond donors (Lipinski definition) is 1. The Labute approximate surface area is 245 Å². The first-order valence-corrected chi connectivity index (χ1v) is 13.1.